The van der Waals surface area contributed by atoms with Crippen LogP contribution in [0, 0.1) is 5.92 Å². The molecule has 1 saturated carbocycles. The molecule has 2 aliphatic rings. The summed E-state index contributed by atoms with van der Waals surface area (Å²) < 4.78 is 13.7. The number of hydrogen-bond donors (Lipinski definition) is 3. The summed E-state index contributed by atoms with van der Waals surface area (Å²) in [7, 11) is 0. The fraction of sp³-hybridized carbons (Fsp3) is 0.133. The molecule has 3 N–H and O–H groups in total. The van der Waals surface area contributed by atoms with Crippen LogP contribution in [0.25, 0.3) is 50.0 Å². The predicted octanol–water partition coefficient (Wildman–Crippen LogP) is 6.71. The number of nitrogens with zero attached hydrogens (tertiary/aromatic N) is 3. The monoisotopic (exact) mass is 502 g/mol. The van der Waals surface area contributed by atoms with Crippen LogP contribution in [0.2, 0.25) is 0 Å². The summed E-state index contributed by atoms with van der Waals surface area (Å²) in [5.74, 6) is -0.0606. The van der Waals surface area contributed by atoms with Gasteiger partial charge in [-0.15, -0.1) is 0 Å². The van der Waals surface area contributed by atoms with Crippen LogP contribution in [-0.2, 0) is 4.79 Å². The maximum atomic E-state index is 13.7. The number of nitrogens with one attached hydrogen (secondary N) is 3. The van der Waals surface area contributed by atoms with Crippen LogP contribution in [0.5, 0.6) is 0 Å². The van der Waals surface area contributed by atoms with E-state index in [1.54, 1.807) is 24.7 Å². The highest BCUT2D eigenvalue weighted by molar-refractivity contribution is 6.01. The zero-order valence-electron chi connectivity index (χ0n) is 20.3. The van der Waals surface area contributed by atoms with E-state index < -0.39 is 0 Å². The number of pyridine rings is 2. The molecular formula is C30H23FN6O. The molecule has 1 fully saturated rings. The number of aromatic amines is 2. The Hall–Kier alpha value is -4.85. The maximum absolute atomic E-state index is 13.7. The van der Waals surface area contributed by atoms with Gasteiger partial charge in [0.15, 0.2) is 5.65 Å². The fourth-order valence-corrected chi connectivity index (χ4v) is 4.86. The molecule has 7 nitrogen and oxygen atoms in total. The Morgan fingerprint density at radius 2 is 1.89 bits per heavy atom. The van der Waals surface area contributed by atoms with Crippen LogP contribution in [-0.4, -0.2) is 31.1 Å². The summed E-state index contributed by atoms with van der Waals surface area (Å²) in [4.78, 5) is 24.6. The van der Waals surface area contributed by atoms with Gasteiger partial charge in [-0.1, -0.05) is 24.3 Å². The molecular weight excluding hydrogens is 479 g/mol. The van der Waals surface area contributed by atoms with Gasteiger partial charge in [0.1, 0.15) is 11.5 Å². The Labute approximate surface area is 217 Å². The molecule has 0 aliphatic heterocycles. The molecule has 0 bridgehead atoms. The van der Waals surface area contributed by atoms with Crippen molar-refractivity contribution < 1.29 is 9.18 Å². The minimum Gasteiger partial charge on any atom is -0.353 e. The number of fused-ring (bicyclic) bond motifs is 2. The molecule has 38 heavy (non-hydrogen) atoms. The molecule has 0 unspecified atom stereocenters. The Bertz CT molecular complexity index is 1820. The minimum absolute atomic E-state index is 0.0457. The summed E-state index contributed by atoms with van der Waals surface area (Å²) >= 11 is 0. The molecule has 4 heterocycles. The smallest absolute Gasteiger partial charge is 0.227 e. The number of carbonyl (C=O) groups is 1. The molecule has 5 aromatic rings. The number of aromatic nitrogens is 5. The standard InChI is InChI=1S/C30H23FN6O/c31-21-4-1-3-17(9-10-21)23-5-2-6-26-24(23)13-27(35-26)28-25-12-20(15-33-29(25)37-36-28)19-11-22(16-32-14-19)34-30(38)18-7-8-18/h2-6,9-16,18,35H,1,7-8H2,(H,34,38)(H,33,36,37). The van der Waals surface area contributed by atoms with E-state index in [1.807, 2.05) is 42.5 Å². The van der Waals surface area contributed by atoms with Crippen LogP contribution in [0.3, 0.4) is 0 Å². The SMILES string of the molecule is O=C(Nc1cncc(-c2cnc3[nH]nc(-c4cc5c(C6=CCC=C(F)C=C6)cccc5[nH]4)c3c2)c1)C1CC1. The van der Waals surface area contributed by atoms with Crippen LogP contribution in [0.15, 0.2) is 85.1 Å². The van der Waals surface area contributed by atoms with Crippen molar-refractivity contribution in [1.82, 2.24) is 25.1 Å². The second-order valence-corrected chi connectivity index (χ2v) is 9.69. The van der Waals surface area contributed by atoms with E-state index in [2.05, 4.69) is 36.5 Å². The second-order valence-electron chi connectivity index (χ2n) is 9.69. The first-order valence-corrected chi connectivity index (χ1v) is 12.6. The summed E-state index contributed by atoms with van der Waals surface area (Å²) in [5, 5.41) is 12.5. The van der Waals surface area contributed by atoms with E-state index in [4.69, 9.17) is 0 Å². The highest BCUT2D eigenvalue weighted by Crippen LogP contribution is 2.35. The van der Waals surface area contributed by atoms with Gasteiger partial charge in [0.2, 0.25) is 5.91 Å². The number of anilines is 1. The van der Waals surface area contributed by atoms with Crippen molar-refractivity contribution in [2.45, 2.75) is 19.3 Å². The number of allylic oxidation sites excluding steroid dienone is 6. The maximum Gasteiger partial charge on any atom is 0.227 e. The Kier molecular flexibility index (Phi) is 5.25. The predicted molar refractivity (Wildman–Crippen MR) is 147 cm³/mol. The number of rotatable bonds is 5. The van der Waals surface area contributed by atoms with Gasteiger partial charge in [-0.3, -0.25) is 14.9 Å². The van der Waals surface area contributed by atoms with E-state index in [-0.39, 0.29) is 17.7 Å². The molecule has 0 saturated heterocycles. The molecule has 1 amide bonds. The number of carbonyl (C=O) groups excluding carboxylic acids is 1. The van der Waals surface area contributed by atoms with Crippen LogP contribution < -0.4 is 5.32 Å². The molecule has 0 atom stereocenters. The van der Waals surface area contributed by atoms with Gasteiger partial charge in [-0.05, 0) is 66.8 Å². The van der Waals surface area contributed by atoms with Gasteiger partial charge in [0.25, 0.3) is 0 Å². The summed E-state index contributed by atoms with van der Waals surface area (Å²) in [6, 6.07) is 12.1. The zero-order chi connectivity index (χ0) is 25.6. The van der Waals surface area contributed by atoms with Crippen molar-refractivity contribution in [2.24, 2.45) is 5.92 Å². The Morgan fingerprint density at radius 3 is 2.79 bits per heavy atom. The zero-order valence-corrected chi connectivity index (χ0v) is 20.3. The van der Waals surface area contributed by atoms with E-state index >= 15 is 0 Å². The average molecular weight is 503 g/mol. The molecule has 0 radical (unpaired) electrons. The van der Waals surface area contributed by atoms with Gasteiger partial charge in [0.05, 0.1) is 17.6 Å². The van der Waals surface area contributed by atoms with E-state index in [0.29, 0.717) is 17.8 Å². The Morgan fingerprint density at radius 1 is 1.00 bits per heavy atom. The molecule has 186 valence electrons. The quantitative estimate of drug-likeness (QED) is 0.249. The lowest BCUT2D eigenvalue weighted by Gasteiger charge is -2.07. The van der Waals surface area contributed by atoms with Crippen LogP contribution in [0.1, 0.15) is 24.8 Å². The van der Waals surface area contributed by atoms with E-state index in [0.717, 1.165) is 62.8 Å². The van der Waals surface area contributed by atoms with E-state index in [1.165, 1.54) is 6.08 Å². The number of hydrogen-bond acceptors (Lipinski definition) is 4. The third-order valence-corrected chi connectivity index (χ3v) is 7.01. The number of H-pyrrole nitrogens is 2. The second kappa shape index (κ2) is 8.92. The van der Waals surface area contributed by atoms with Gasteiger partial charge in [-0.25, -0.2) is 9.37 Å². The van der Waals surface area contributed by atoms with Crippen molar-refractivity contribution in [3.8, 4) is 22.5 Å². The molecule has 1 aromatic carbocycles. The minimum atomic E-state index is -0.226. The highest BCUT2D eigenvalue weighted by Gasteiger charge is 2.29. The third kappa shape index (κ3) is 4.10. The van der Waals surface area contributed by atoms with E-state index in [9.17, 15) is 9.18 Å². The highest BCUT2D eigenvalue weighted by atomic mass is 19.1. The van der Waals surface area contributed by atoms with Crippen molar-refractivity contribution in [3.63, 3.8) is 0 Å². The molecule has 2 aliphatic carbocycles. The van der Waals surface area contributed by atoms with Gasteiger partial charge >= 0.3 is 0 Å². The van der Waals surface area contributed by atoms with Gasteiger partial charge < -0.3 is 10.3 Å². The average Bonchev–Trinajstić information content (AvgIpc) is 3.62. The lowest BCUT2D eigenvalue weighted by molar-refractivity contribution is -0.117. The number of benzene rings is 1. The third-order valence-electron chi connectivity index (χ3n) is 7.01. The normalized spacial score (nSPS) is 15.4. The topological polar surface area (TPSA) is 99.3 Å². The summed E-state index contributed by atoms with van der Waals surface area (Å²) in [6.07, 6.45) is 14.5. The number of amides is 1. The lowest BCUT2D eigenvalue weighted by Crippen LogP contribution is -2.13. The van der Waals surface area contributed by atoms with Crippen molar-refractivity contribution in [3.05, 3.63) is 90.7 Å². The van der Waals surface area contributed by atoms with Crippen molar-refractivity contribution >= 4 is 39.1 Å². The molecule has 8 heteroatoms. The molecule has 4 aromatic heterocycles. The van der Waals surface area contributed by atoms with Gasteiger partial charge in [-0.2, -0.15) is 5.10 Å². The van der Waals surface area contributed by atoms with Crippen LogP contribution >= 0.6 is 0 Å². The van der Waals surface area contributed by atoms with Crippen molar-refractivity contribution in [2.75, 3.05) is 5.32 Å². The van der Waals surface area contributed by atoms with Gasteiger partial charge in [0, 0.05) is 45.7 Å². The first-order chi connectivity index (χ1) is 18.6. The summed E-state index contributed by atoms with van der Waals surface area (Å²) in [5.41, 5.74) is 7.64. The molecule has 0 spiro atoms. The van der Waals surface area contributed by atoms with Crippen LogP contribution in [0.4, 0.5) is 10.1 Å². The van der Waals surface area contributed by atoms with Crippen molar-refractivity contribution in [1.29, 1.82) is 0 Å². The first kappa shape index (κ1) is 22.4. The Balaban J connectivity index is 1.26. The lowest BCUT2D eigenvalue weighted by atomic mass is 10.0. The fourth-order valence-electron chi connectivity index (χ4n) is 4.86. The first-order valence-electron chi connectivity index (χ1n) is 12.6. The number of halogens is 1. The summed E-state index contributed by atoms with van der Waals surface area (Å²) in [6.45, 7) is 0. The largest absolute Gasteiger partial charge is 0.353 e. The molecule has 7 rings (SSSR count).